The van der Waals surface area contributed by atoms with E-state index < -0.39 is 0 Å². The van der Waals surface area contributed by atoms with Gasteiger partial charge in [0.25, 0.3) is 0 Å². The molecular formula is C20H23FN4. The number of H-pyrrole nitrogens is 1. The van der Waals surface area contributed by atoms with Crippen molar-refractivity contribution in [1.82, 2.24) is 20.1 Å². The van der Waals surface area contributed by atoms with Gasteiger partial charge in [-0.15, -0.1) is 0 Å². The van der Waals surface area contributed by atoms with Gasteiger partial charge < -0.3 is 0 Å². The summed E-state index contributed by atoms with van der Waals surface area (Å²) in [6.45, 7) is 6.02. The molecule has 2 aromatic heterocycles. The predicted octanol–water partition coefficient (Wildman–Crippen LogP) is 4.41. The molecule has 25 heavy (non-hydrogen) atoms. The van der Waals surface area contributed by atoms with Crippen LogP contribution in [0.5, 0.6) is 0 Å². The third kappa shape index (κ3) is 4.31. The Morgan fingerprint density at radius 3 is 2.60 bits per heavy atom. The molecule has 0 fully saturated rings. The van der Waals surface area contributed by atoms with Crippen molar-refractivity contribution in [2.75, 3.05) is 0 Å². The summed E-state index contributed by atoms with van der Waals surface area (Å²) in [6, 6.07) is 11.0. The van der Waals surface area contributed by atoms with Crippen LogP contribution in [-0.4, -0.2) is 26.1 Å². The molecule has 1 aromatic carbocycles. The molecule has 0 saturated heterocycles. The van der Waals surface area contributed by atoms with Crippen molar-refractivity contribution < 1.29 is 4.39 Å². The first-order valence-corrected chi connectivity index (χ1v) is 8.58. The number of hydrogen-bond donors (Lipinski definition) is 1. The van der Waals surface area contributed by atoms with Gasteiger partial charge in [0.15, 0.2) is 0 Å². The van der Waals surface area contributed by atoms with Crippen LogP contribution in [0.4, 0.5) is 4.39 Å². The van der Waals surface area contributed by atoms with Gasteiger partial charge >= 0.3 is 0 Å². The van der Waals surface area contributed by atoms with E-state index in [-0.39, 0.29) is 5.82 Å². The lowest BCUT2D eigenvalue weighted by molar-refractivity contribution is 0.186. The average Bonchev–Trinajstić information content (AvgIpc) is 3.10. The van der Waals surface area contributed by atoms with E-state index in [0.29, 0.717) is 6.04 Å². The quantitative estimate of drug-likeness (QED) is 0.694. The van der Waals surface area contributed by atoms with Gasteiger partial charge in [0, 0.05) is 42.7 Å². The molecule has 130 valence electrons. The van der Waals surface area contributed by atoms with Crippen LogP contribution in [0.1, 0.15) is 31.4 Å². The lowest BCUT2D eigenvalue weighted by atomic mass is 10.1. The normalized spacial score (nSPS) is 12.5. The zero-order valence-electron chi connectivity index (χ0n) is 14.6. The first-order valence-electron chi connectivity index (χ1n) is 8.58. The van der Waals surface area contributed by atoms with Crippen molar-refractivity contribution in [2.45, 2.75) is 39.4 Å². The Labute approximate surface area is 147 Å². The maximum Gasteiger partial charge on any atom is 0.123 e. The van der Waals surface area contributed by atoms with E-state index in [1.807, 2.05) is 18.5 Å². The molecule has 3 aromatic rings. The zero-order valence-corrected chi connectivity index (χ0v) is 14.6. The Bertz CT molecular complexity index is 783. The second-order valence-corrected chi connectivity index (χ2v) is 6.30. The molecule has 1 atom stereocenters. The summed E-state index contributed by atoms with van der Waals surface area (Å²) in [5.74, 6) is -0.234. The van der Waals surface area contributed by atoms with Crippen molar-refractivity contribution in [3.8, 4) is 11.3 Å². The fourth-order valence-electron chi connectivity index (χ4n) is 2.87. The Hall–Kier alpha value is -2.53. The minimum atomic E-state index is -0.234. The predicted molar refractivity (Wildman–Crippen MR) is 97.2 cm³/mol. The highest BCUT2D eigenvalue weighted by atomic mass is 19.1. The highest BCUT2D eigenvalue weighted by Crippen LogP contribution is 2.24. The second-order valence-electron chi connectivity index (χ2n) is 6.30. The summed E-state index contributed by atoms with van der Waals surface area (Å²) in [5, 5.41) is 7.26. The van der Waals surface area contributed by atoms with Crippen molar-refractivity contribution in [1.29, 1.82) is 0 Å². The molecule has 0 aliphatic heterocycles. The summed E-state index contributed by atoms with van der Waals surface area (Å²) < 4.78 is 13.2. The monoisotopic (exact) mass is 338 g/mol. The Morgan fingerprint density at radius 1 is 1.12 bits per heavy atom. The van der Waals surface area contributed by atoms with E-state index >= 15 is 0 Å². The molecule has 0 unspecified atom stereocenters. The number of aromatic amines is 1. The number of pyridine rings is 1. The van der Waals surface area contributed by atoms with Gasteiger partial charge in [-0.05, 0) is 49.2 Å². The molecule has 0 aliphatic rings. The first kappa shape index (κ1) is 17.3. The molecule has 0 amide bonds. The molecule has 0 radical (unpaired) electrons. The van der Waals surface area contributed by atoms with Crippen molar-refractivity contribution >= 4 is 0 Å². The minimum Gasteiger partial charge on any atom is -0.292 e. The van der Waals surface area contributed by atoms with E-state index in [0.717, 1.165) is 36.3 Å². The third-order valence-electron chi connectivity index (χ3n) is 4.55. The summed E-state index contributed by atoms with van der Waals surface area (Å²) in [4.78, 5) is 6.62. The van der Waals surface area contributed by atoms with E-state index in [2.05, 4.69) is 40.0 Å². The molecule has 1 N–H and O–H groups in total. The van der Waals surface area contributed by atoms with Gasteiger partial charge in [0.2, 0.25) is 0 Å². The van der Waals surface area contributed by atoms with Crippen LogP contribution in [0.3, 0.4) is 0 Å². The van der Waals surface area contributed by atoms with Crippen LogP contribution in [0.25, 0.3) is 11.3 Å². The maximum atomic E-state index is 13.2. The van der Waals surface area contributed by atoms with Crippen LogP contribution in [0, 0.1) is 5.82 Å². The topological polar surface area (TPSA) is 44.8 Å². The smallest absolute Gasteiger partial charge is 0.123 e. The largest absolute Gasteiger partial charge is 0.292 e. The average molecular weight is 338 g/mol. The number of halogens is 1. The molecule has 2 heterocycles. The van der Waals surface area contributed by atoms with E-state index in [4.69, 9.17) is 0 Å². The summed E-state index contributed by atoms with van der Waals surface area (Å²) in [5.41, 5.74) is 4.18. The van der Waals surface area contributed by atoms with Gasteiger partial charge in [0.05, 0.1) is 11.9 Å². The van der Waals surface area contributed by atoms with Crippen molar-refractivity contribution in [3.63, 3.8) is 0 Å². The van der Waals surface area contributed by atoms with Crippen molar-refractivity contribution in [3.05, 3.63) is 71.9 Å². The van der Waals surface area contributed by atoms with E-state index in [9.17, 15) is 4.39 Å². The Kier molecular flexibility index (Phi) is 5.56. The number of benzene rings is 1. The Balaban J connectivity index is 1.83. The summed E-state index contributed by atoms with van der Waals surface area (Å²) in [7, 11) is 0. The van der Waals surface area contributed by atoms with Crippen LogP contribution in [-0.2, 0) is 13.1 Å². The van der Waals surface area contributed by atoms with Crippen LogP contribution in [0.15, 0.2) is 55.0 Å². The standard InChI is InChI=1S/C20H23FN4/c1-3-15(2)25(13-16-5-4-10-22-11-16)14-18-12-23-24-20(18)17-6-8-19(21)9-7-17/h4-12,15H,3,13-14H2,1-2H3,(H,23,24)/t15-/m0/s1. The molecule has 0 saturated carbocycles. The van der Waals surface area contributed by atoms with E-state index in [1.165, 1.54) is 17.7 Å². The molecule has 5 heteroatoms. The summed E-state index contributed by atoms with van der Waals surface area (Å²) >= 11 is 0. The zero-order chi connectivity index (χ0) is 17.6. The van der Waals surface area contributed by atoms with E-state index in [1.54, 1.807) is 18.3 Å². The fourth-order valence-corrected chi connectivity index (χ4v) is 2.87. The highest BCUT2D eigenvalue weighted by Gasteiger charge is 2.17. The lowest BCUT2D eigenvalue weighted by Gasteiger charge is -2.28. The second kappa shape index (κ2) is 8.03. The Morgan fingerprint density at radius 2 is 1.92 bits per heavy atom. The third-order valence-corrected chi connectivity index (χ3v) is 4.55. The van der Waals surface area contributed by atoms with Crippen LogP contribution in [0.2, 0.25) is 0 Å². The lowest BCUT2D eigenvalue weighted by Crippen LogP contribution is -2.31. The minimum absolute atomic E-state index is 0.234. The molecular weight excluding hydrogens is 315 g/mol. The highest BCUT2D eigenvalue weighted by molar-refractivity contribution is 5.62. The number of nitrogens with one attached hydrogen (secondary N) is 1. The molecule has 0 bridgehead atoms. The fraction of sp³-hybridized carbons (Fsp3) is 0.300. The van der Waals surface area contributed by atoms with Gasteiger partial charge in [-0.1, -0.05) is 13.0 Å². The van der Waals surface area contributed by atoms with Crippen LogP contribution < -0.4 is 0 Å². The van der Waals surface area contributed by atoms with Gasteiger partial charge in [0.1, 0.15) is 5.82 Å². The molecule has 4 nitrogen and oxygen atoms in total. The summed E-state index contributed by atoms with van der Waals surface area (Å²) in [6.07, 6.45) is 6.62. The number of nitrogens with zero attached hydrogens (tertiary/aromatic N) is 3. The molecule has 3 rings (SSSR count). The van der Waals surface area contributed by atoms with Gasteiger partial charge in [-0.3, -0.25) is 15.0 Å². The van der Waals surface area contributed by atoms with Crippen molar-refractivity contribution in [2.24, 2.45) is 0 Å². The first-order chi connectivity index (χ1) is 12.2. The molecule has 0 spiro atoms. The van der Waals surface area contributed by atoms with Gasteiger partial charge in [-0.25, -0.2) is 4.39 Å². The van der Waals surface area contributed by atoms with Crippen LogP contribution >= 0.6 is 0 Å². The van der Waals surface area contributed by atoms with Gasteiger partial charge in [-0.2, -0.15) is 5.10 Å². The number of aromatic nitrogens is 3. The number of rotatable bonds is 7. The number of hydrogen-bond acceptors (Lipinski definition) is 3. The molecule has 0 aliphatic carbocycles. The SMILES string of the molecule is CC[C@H](C)N(Cc1cccnc1)Cc1cn[nH]c1-c1ccc(F)cc1. The maximum absolute atomic E-state index is 13.2.